The van der Waals surface area contributed by atoms with Crippen molar-refractivity contribution in [2.45, 2.75) is 39.2 Å². The zero-order valence-electron chi connectivity index (χ0n) is 10.1. The van der Waals surface area contributed by atoms with E-state index < -0.39 is 0 Å². The van der Waals surface area contributed by atoms with Crippen molar-refractivity contribution in [2.75, 3.05) is 0 Å². The van der Waals surface area contributed by atoms with Gasteiger partial charge in [-0.2, -0.15) is 0 Å². The summed E-state index contributed by atoms with van der Waals surface area (Å²) < 4.78 is 5.58. The van der Waals surface area contributed by atoms with E-state index in [9.17, 15) is 0 Å². The van der Waals surface area contributed by atoms with Crippen LogP contribution in [-0.2, 0) is 0 Å². The standard InChI is InChI=1S/C13H19NOS/c1-9(2)15-12-6-4-11(5-7-12)10(3)8-13(14)16/h4-7,9-10H,8H2,1-3H3,(H2,14,16). The summed E-state index contributed by atoms with van der Waals surface area (Å²) >= 11 is 4.91. The topological polar surface area (TPSA) is 35.2 Å². The average molecular weight is 237 g/mol. The second-order valence-corrected chi connectivity index (χ2v) is 4.83. The lowest BCUT2D eigenvalue weighted by molar-refractivity contribution is 0.242. The molecule has 0 fully saturated rings. The predicted molar refractivity (Wildman–Crippen MR) is 72.0 cm³/mol. The quantitative estimate of drug-likeness (QED) is 0.798. The van der Waals surface area contributed by atoms with Gasteiger partial charge in [-0.15, -0.1) is 0 Å². The van der Waals surface area contributed by atoms with Gasteiger partial charge in [0.1, 0.15) is 5.75 Å². The van der Waals surface area contributed by atoms with Crippen LogP contribution in [0.1, 0.15) is 38.7 Å². The van der Waals surface area contributed by atoms with Gasteiger partial charge < -0.3 is 10.5 Å². The molecule has 0 aromatic heterocycles. The number of hydrogen-bond acceptors (Lipinski definition) is 2. The van der Waals surface area contributed by atoms with E-state index >= 15 is 0 Å². The second kappa shape index (κ2) is 5.85. The normalized spacial score (nSPS) is 12.5. The molecule has 1 aromatic carbocycles. The minimum Gasteiger partial charge on any atom is -0.491 e. The minimum atomic E-state index is 0.208. The summed E-state index contributed by atoms with van der Waals surface area (Å²) in [5.41, 5.74) is 6.77. The molecule has 0 aliphatic heterocycles. The van der Waals surface area contributed by atoms with Gasteiger partial charge in [0.2, 0.25) is 0 Å². The number of benzene rings is 1. The number of thiocarbonyl (C=S) groups is 1. The highest BCUT2D eigenvalue weighted by Gasteiger charge is 2.07. The first kappa shape index (κ1) is 13.0. The van der Waals surface area contributed by atoms with Crippen LogP contribution in [0.15, 0.2) is 24.3 Å². The van der Waals surface area contributed by atoms with E-state index in [-0.39, 0.29) is 6.10 Å². The second-order valence-electron chi connectivity index (χ2n) is 4.31. The maximum atomic E-state index is 5.58. The Morgan fingerprint density at radius 3 is 2.25 bits per heavy atom. The molecule has 16 heavy (non-hydrogen) atoms. The van der Waals surface area contributed by atoms with E-state index in [4.69, 9.17) is 22.7 Å². The third-order valence-corrected chi connectivity index (χ3v) is 2.49. The fourth-order valence-corrected chi connectivity index (χ4v) is 1.82. The molecule has 2 N–H and O–H groups in total. The number of nitrogens with two attached hydrogens (primary N) is 1. The summed E-state index contributed by atoms with van der Waals surface area (Å²) in [7, 11) is 0. The SMILES string of the molecule is CC(C)Oc1ccc(C(C)CC(N)=S)cc1. The van der Waals surface area contributed by atoms with Gasteiger partial charge in [0, 0.05) is 6.42 Å². The van der Waals surface area contributed by atoms with E-state index in [1.54, 1.807) is 0 Å². The molecule has 2 nitrogen and oxygen atoms in total. The molecule has 1 rings (SSSR count). The maximum Gasteiger partial charge on any atom is 0.119 e. The summed E-state index contributed by atoms with van der Waals surface area (Å²) in [4.78, 5) is 0.565. The van der Waals surface area contributed by atoms with Gasteiger partial charge in [-0.05, 0) is 37.5 Å². The van der Waals surface area contributed by atoms with Gasteiger partial charge in [0.25, 0.3) is 0 Å². The lowest BCUT2D eigenvalue weighted by atomic mass is 9.98. The minimum absolute atomic E-state index is 0.208. The zero-order valence-corrected chi connectivity index (χ0v) is 10.9. The Hall–Kier alpha value is -1.09. The number of rotatable bonds is 5. The first-order valence-electron chi connectivity index (χ1n) is 5.54. The van der Waals surface area contributed by atoms with E-state index in [2.05, 4.69) is 19.1 Å². The molecule has 0 amide bonds. The van der Waals surface area contributed by atoms with E-state index in [1.165, 1.54) is 5.56 Å². The van der Waals surface area contributed by atoms with Gasteiger partial charge in [-0.1, -0.05) is 31.3 Å². The molecule has 0 spiro atoms. The molecule has 0 bridgehead atoms. The van der Waals surface area contributed by atoms with Crippen LogP contribution in [0.3, 0.4) is 0 Å². The molecular weight excluding hydrogens is 218 g/mol. The molecule has 1 aromatic rings. The Morgan fingerprint density at radius 2 is 1.81 bits per heavy atom. The first-order valence-corrected chi connectivity index (χ1v) is 5.94. The molecule has 3 heteroatoms. The van der Waals surface area contributed by atoms with Crippen molar-refractivity contribution >= 4 is 17.2 Å². The van der Waals surface area contributed by atoms with Gasteiger partial charge in [-0.3, -0.25) is 0 Å². The molecule has 0 saturated carbocycles. The highest BCUT2D eigenvalue weighted by Crippen LogP contribution is 2.22. The molecule has 88 valence electrons. The van der Waals surface area contributed by atoms with Crippen LogP contribution in [0.4, 0.5) is 0 Å². The molecule has 0 heterocycles. The Bertz CT molecular complexity index is 345. The van der Waals surface area contributed by atoms with Crippen LogP contribution in [0.25, 0.3) is 0 Å². The largest absolute Gasteiger partial charge is 0.491 e. The van der Waals surface area contributed by atoms with Crippen molar-refractivity contribution in [1.82, 2.24) is 0 Å². The van der Waals surface area contributed by atoms with Crippen molar-refractivity contribution in [3.8, 4) is 5.75 Å². The van der Waals surface area contributed by atoms with Crippen molar-refractivity contribution in [1.29, 1.82) is 0 Å². The molecule has 1 unspecified atom stereocenters. The van der Waals surface area contributed by atoms with Crippen LogP contribution >= 0.6 is 12.2 Å². The van der Waals surface area contributed by atoms with Crippen LogP contribution in [0, 0.1) is 0 Å². The average Bonchev–Trinajstić information content (AvgIpc) is 2.16. The number of hydrogen-bond donors (Lipinski definition) is 1. The van der Waals surface area contributed by atoms with Crippen LogP contribution in [-0.4, -0.2) is 11.1 Å². The third kappa shape index (κ3) is 4.19. The molecule has 0 aliphatic carbocycles. The fraction of sp³-hybridized carbons (Fsp3) is 0.462. The summed E-state index contributed by atoms with van der Waals surface area (Å²) in [5, 5.41) is 0. The summed E-state index contributed by atoms with van der Waals surface area (Å²) in [6.07, 6.45) is 0.958. The van der Waals surface area contributed by atoms with Gasteiger partial charge >= 0.3 is 0 Å². The third-order valence-electron chi connectivity index (χ3n) is 2.33. The zero-order chi connectivity index (χ0) is 12.1. The predicted octanol–water partition coefficient (Wildman–Crippen LogP) is 3.25. The van der Waals surface area contributed by atoms with Crippen molar-refractivity contribution in [3.05, 3.63) is 29.8 Å². The highest BCUT2D eigenvalue weighted by atomic mass is 32.1. The Labute approximate surface area is 103 Å². The van der Waals surface area contributed by atoms with Crippen LogP contribution in [0.5, 0.6) is 5.75 Å². The molecule has 0 radical (unpaired) electrons. The summed E-state index contributed by atoms with van der Waals surface area (Å²) in [5.74, 6) is 1.27. The summed E-state index contributed by atoms with van der Waals surface area (Å²) in [6.45, 7) is 6.16. The van der Waals surface area contributed by atoms with Gasteiger partial charge in [0.15, 0.2) is 0 Å². The highest BCUT2D eigenvalue weighted by molar-refractivity contribution is 7.80. The monoisotopic (exact) mass is 237 g/mol. The summed E-state index contributed by atoms with van der Waals surface area (Å²) in [6, 6.07) is 8.12. The molecule has 0 saturated heterocycles. The van der Waals surface area contributed by atoms with Crippen molar-refractivity contribution in [3.63, 3.8) is 0 Å². The maximum absolute atomic E-state index is 5.58. The van der Waals surface area contributed by atoms with E-state index in [0.717, 1.165) is 12.2 Å². The Balaban J connectivity index is 2.66. The lowest BCUT2D eigenvalue weighted by Gasteiger charge is -2.13. The molecule has 0 aliphatic rings. The van der Waals surface area contributed by atoms with E-state index in [1.807, 2.05) is 26.0 Å². The smallest absolute Gasteiger partial charge is 0.119 e. The lowest BCUT2D eigenvalue weighted by Crippen LogP contribution is -2.11. The van der Waals surface area contributed by atoms with Crippen LogP contribution in [0.2, 0.25) is 0 Å². The number of ether oxygens (including phenoxy) is 1. The van der Waals surface area contributed by atoms with Gasteiger partial charge in [-0.25, -0.2) is 0 Å². The van der Waals surface area contributed by atoms with E-state index in [0.29, 0.717) is 10.9 Å². The van der Waals surface area contributed by atoms with Crippen LogP contribution < -0.4 is 10.5 Å². The Kier molecular flexibility index (Phi) is 4.74. The Morgan fingerprint density at radius 1 is 1.25 bits per heavy atom. The van der Waals surface area contributed by atoms with Crippen molar-refractivity contribution < 1.29 is 4.74 Å². The van der Waals surface area contributed by atoms with Gasteiger partial charge in [0.05, 0.1) is 11.1 Å². The molecular formula is C13H19NOS. The first-order chi connectivity index (χ1) is 7.49. The molecule has 1 atom stereocenters. The fourth-order valence-electron chi connectivity index (χ4n) is 1.57. The van der Waals surface area contributed by atoms with Crippen molar-refractivity contribution in [2.24, 2.45) is 5.73 Å².